The average Bonchev–Trinajstić information content (AvgIpc) is 2.77. The lowest BCUT2D eigenvalue weighted by Crippen LogP contribution is -2.34. The van der Waals surface area contributed by atoms with Gasteiger partial charge in [0, 0.05) is 5.56 Å². The topological polar surface area (TPSA) is 43.6 Å². The van der Waals surface area contributed by atoms with Crippen molar-refractivity contribution in [2.75, 3.05) is 0 Å². The summed E-state index contributed by atoms with van der Waals surface area (Å²) in [5.41, 5.74) is 1.37. The predicted molar refractivity (Wildman–Crippen MR) is 71.3 cm³/mol. The van der Waals surface area contributed by atoms with Gasteiger partial charge < -0.3 is 0 Å². The first kappa shape index (κ1) is 12.0. The van der Waals surface area contributed by atoms with Gasteiger partial charge in [-0.15, -0.1) is 10.2 Å². The standard InChI is InChI=1S/C12H18N4Si/c1-10(17(2,3)4)16-14-12(13-15-16)11-8-6-5-7-9-11/h5-10H,1-4H3. The summed E-state index contributed by atoms with van der Waals surface area (Å²) >= 11 is 0. The van der Waals surface area contributed by atoms with Gasteiger partial charge in [-0.3, -0.25) is 0 Å². The number of tetrazole rings is 1. The van der Waals surface area contributed by atoms with Crippen molar-refractivity contribution in [3.8, 4) is 11.4 Å². The van der Waals surface area contributed by atoms with Gasteiger partial charge in [0.15, 0.2) is 0 Å². The van der Waals surface area contributed by atoms with Crippen LogP contribution in [-0.4, -0.2) is 28.3 Å². The second kappa shape index (κ2) is 4.41. The Morgan fingerprint density at radius 2 is 1.76 bits per heavy atom. The molecule has 1 aromatic carbocycles. The van der Waals surface area contributed by atoms with Crippen molar-refractivity contribution in [1.29, 1.82) is 0 Å². The monoisotopic (exact) mass is 246 g/mol. The van der Waals surface area contributed by atoms with Crippen molar-refractivity contribution >= 4 is 8.07 Å². The van der Waals surface area contributed by atoms with Crippen LogP contribution >= 0.6 is 0 Å². The molecule has 1 aromatic heterocycles. The molecule has 4 nitrogen and oxygen atoms in total. The molecule has 0 saturated heterocycles. The van der Waals surface area contributed by atoms with Gasteiger partial charge in [-0.2, -0.15) is 4.80 Å². The van der Waals surface area contributed by atoms with Gasteiger partial charge in [0.2, 0.25) is 5.82 Å². The number of benzene rings is 1. The molecule has 0 fully saturated rings. The lowest BCUT2D eigenvalue weighted by Gasteiger charge is -2.23. The number of aromatic nitrogens is 4. The molecular weight excluding hydrogens is 228 g/mol. The third-order valence-electron chi connectivity index (χ3n) is 3.06. The first-order valence-corrected chi connectivity index (χ1v) is 9.41. The first-order valence-electron chi connectivity index (χ1n) is 5.83. The van der Waals surface area contributed by atoms with E-state index < -0.39 is 8.07 Å². The van der Waals surface area contributed by atoms with Crippen LogP contribution in [-0.2, 0) is 0 Å². The Morgan fingerprint density at radius 1 is 1.12 bits per heavy atom. The van der Waals surface area contributed by atoms with Gasteiger partial charge in [-0.25, -0.2) is 0 Å². The molecule has 0 N–H and O–H groups in total. The van der Waals surface area contributed by atoms with Crippen molar-refractivity contribution in [3.05, 3.63) is 30.3 Å². The number of nitrogens with zero attached hydrogens (tertiary/aromatic N) is 4. The minimum atomic E-state index is -1.29. The SMILES string of the molecule is CC(n1nnc(-c2ccccc2)n1)[Si](C)(C)C. The normalized spacial score (nSPS) is 13.6. The van der Waals surface area contributed by atoms with Gasteiger partial charge in [0.1, 0.15) is 0 Å². The van der Waals surface area contributed by atoms with E-state index in [0.717, 1.165) is 5.56 Å². The second-order valence-corrected chi connectivity index (χ2v) is 10.9. The molecule has 0 aliphatic carbocycles. The largest absolute Gasteiger partial charge is 0.204 e. The quantitative estimate of drug-likeness (QED) is 0.782. The highest BCUT2D eigenvalue weighted by Crippen LogP contribution is 2.20. The molecule has 0 aliphatic rings. The van der Waals surface area contributed by atoms with E-state index in [0.29, 0.717) is 11.5 Å². The maximum atomic E-state index is 4.48. The first-order chi connectivity index (χ1) is 7.98. The fraction of sp³-hybridized carbons (Fsp3) is 0.417. The lowest BCUT2D eigenvalue weighted by molar-refractivity contribution is 0.516. The molecule has 0 radical (unpaired) electrons. The Hall–Kier alpha value is -1.49. The molecule has 0 spiro atoms. The van der Waals surface area contributed by atoms with Crippen LogP contribution in [0.2, 0.25) is 19.6 Å². The summed E-state index contributed by atoms with van der Waals surface area (Å²) in [6.45, 7) is 9.10. The van der Waals surface area contributed by atoms with E-state index >= 15 is 0 Å². The smallest absolute Gasteiger partial charge is 0.164 e. The molecule has 1 heterocycles. The summed E-state index contributed by atoms with van der Waals surface area (Å²) in [4.78, 5) is 1.76. The van der Waals surface area contributed by atoms with Crippen LogP contribution in [0.1, 0.15) is 12.6 Å². The van der Waals surface area contributed by atoms with Crippen LogP contribution in [0.3, 0.4) is 0 Å². The molecule has 0 saturated carbocycles. The van der Waals surface area contributed by atoms with E-state index in [2.05, 4.69) is 42.0 Å². The van der Waals surface area contributed by atoms with Crippen molar-refractivity contribution in [3.63, 3.8) is 0 Å². The van der Waals surface area contributed by atoms with Gasteiger partial charge in [-0.1, -0.05) is 50.0 Å². The molecule has 0 aliphatic heterocycles. The highest BCUT2D eigenvalue weighted by Gasteiger charge is 2.26. The summed E-state index contributed by atoms with van der Waals surface area (Å²) in [5.74, 6) is 0.704. The number of rotatable bonds is 3. The van der Waals surface area contributed by atoms with E-state index in [1.54, 1.807) is 4.80 Å². The van der Waals surface area contributed by atoms with Crippen molar-refractivity contribution < 1.29 is 0 Å². The van der Waals surface area contributed by atoms with Crippen molar-refractivity contribution in [1.82, 2.24) is 20.2 Å². The van der Waals surface area contributed by atoms with Crippen LogP contribution < -0.4 is 0 Å². The Labute approximate surface area is 103 Å². The molecule has 17 heavy (non-hydrogen) atoms. The fourth-order valence-corrected chi connectivity index (χ4v) is 2.24. The lowest BCUT2D eigenvalue weighted by atomic mass is 10.2. The van der Waals surface area contributed by atoms with Gasteiger partial charge in [-0.05, 0) is 12.1 Å². The van der Waals surface area contributed by atoms with Gasteiger partial charge in [0.25, 0.3) is 0 Å². The third kappa shape index (κ3) is 2.61. The Kier molecular flexibility index (Phi) is 3.10. The van der Waals surface area contributed by atoms with Crippen LogP contribution in [0.5, 0.6) is 0 Å². The molecule has 1 unspecified atom stereocenters. The summed E-state index contributed by atoms with van der Waals surface area (Å²) in [6.07, 6.45) is 0. The maximum absolute atomic E-state index is 4.48. The summed E-state index contributed by atoms with van der Waals surface area (Å²) < 4.78 is 0. The summed E-state index contributed by atoms with van der Waals surface area (Å²) in [6, 6.07) is 9.95. The fourth-order valence-electron chi connectivity index (χ4n) is 1.44. The highest BCUT2D eigenvalue weighted by atomic mass is 28.3. The second-order valence-electron chi connectivity index (χ2n) is 5.34. The van der Waals surface area contributed by atoms with Crippen LogP contribution in [0.25, 0.3) is 11.4 Å². The molecule has 0 bridgehead atoms. The minimum Gasteiger partial charge on any atom is -0.164 e. The predicted octanol–water partition coefficient (Wildman–Crippen LogP) is 2.78. The van der Waals surface area contributed by atoms with Crippen molar-refractivity contribution in [2.45, 2.75) is 32.2 Å². The summed E-state index contributed by atoms with van der Waals surface area (Å²) in [7, 11) is -1.29. The van der Waals surface area contributed by atoms with Crippen LogP contribution in [0, 0.1) is 0 Å². The highest BCUT2D eigenvalue weighted by molar-refractivity contribution is 6.76. The molecule has 2 rings (SSSR count). The van der Waals surface area contributed by atoms with Crippen LogP contribution in [0.4, 0.5) is 0 Å². The van der Waals surface area contributed by atoms with E-state index in [-0.39, 0.29) is 0 Å². The summed E-state index contributed by atoms with van der Waals surface area (Å²) in [5, 5.41) is 12.8. The zero-order valence-corrected chi connectivity index (χ0v) is 11.8. The Balaban J connectivity index is 2.28. The number of hydrogen-bond donors (Lipinski definition) is 0. The van der Waals surface area contributed by atoms with Crippen molar-refractivity contribution in [2.24, 2.45) is 0 Å². The zero-order chi connectivity index (χ0) is 12.5. The van der Waals surface area contributed by atoms with E-state index in [1.807, 2.05) is 30.3 Å². The Bertz CT molecular complexity index is 487. The number of hydrogen-bond acceptors (Lipinski definition) is 3. The Morgan fingerprint density at radius 3 is 2.35 bits per heavy atom. The van der Waals surface area contributed by atoms with E-state index in [1.165, 1.54) is 0 Å². The molecule has 0 amide bonds. The molecule has 5 heteroatoms. The molecule has 90 valence electrons. The average molecular weight is 246 g/mol. The van der Waals surface area contributed by atoms with E-state index in [4.69, 9.17) is 0 Å². The van der Waals surface area contributed by atoms with Gasteiger partial charge >= 0.3 is 0 Å². The minimum absolute atomic E-state index is 0.354. The van der Waals surface area contributed by atoms with E-state index in [9.17, 15) is 0 Å². The molecule has 1 atom stereocenters. The van der Waals surface area contributed by atoms with Crippen LogP contribution in [0.15, 0.2) is 30.3 Å². The molecule has 2 aromatic rings. The molecular formula is C12H18N4Si. The van der Waals surface area contributed by atoms with Gasteiger partial charge in [0.05, 0.1) is 13.7 Å². The third-order valence-corrected chi connectivity index (χ3v) is 5.80. The zero-order valence-electron chi connectivity index (χ0n) is 10.8. The maximum Gasteiger partial charge on any atom is 0.204 e.